The molecule has 0 amide bonds. The molecule has 0 bridgehead atoms. The third kappa shape index (κ3) is 5.14. The van der Waals surface area contributed by atoms with E-state index in [-0.39, 0.29) is 11.6 Å². The Morgan fingerprint density at radius 1 is 1.00 bits per heavy atom. The maximum atomic E-state index is 13.5. The summed E-state index contributed by atoms with van der Waals surface area (Å²) in [6.07, 6.45) is -4.37. The SMILES string of the molecule is O[C@H](CNc1cc(-c2ccc(C(F)(F)F)c(Cl)c2)ncn1)c1ccc(Cl)c(F)c1. The predicted octanol–water partition coefficient (Wildman–Crippen LogP) is 5.75. The molecule has 0 saturated carbocycles. The molecule has 0 spiro atoms. The van der Waals surface area contributed by atoms with Gasteiger partial charge in [-0.1, -0.05) is 35.3 Å². The molecule has 4 nitrogen and oxygen atoms in total. The van der Waals surface area contributed by atoms with Gasteiger partial charge in [-0.3, -0.25) is 0 Å². The molecule has 1 atom stereocenters. The minimum Gasteiger partial charge on any atom is -0.387 e. The van der Waals surface area contributed by atoms with Crippen molar-refractivity contribution in [3.63, 3.8) is 0 Å². The molecule has 1 aromatic heterocycles. The van der Waals surface area contributed by atoms with E-state index in [1.165, 1.54) is 36.7 Å². The summed E-state index contributed by atoms with van der Waals surface area (Å²) in [6.45, 7) is 0.00525. The Bertz CT molecular complexity index is 1030. The summed E-state index contributed by atoms with van der Waals surface area (Å²) in [5.74, 6) is -0.328. The molecule has 1 heterocycles. The third-order valence-electron chi connectivity index (χ3n) is 4.04. The minimum atomic E-state index is -4.55. The molecule has 2 aromatic carbocycles. The van der Waals surface area contributed by atoms with Crippen LogP contribution in [0, 0.1) is 5.82 Å². The Morgan fingerprint density at radius 2 is 1.76 bits per heavy atom. The second-order valence-corrected chi connectivity index (χ2v) is 6.87. The Labute approximate surface area is 173 Å². The molecule has 10 heteroatoms. The summed E-state index contributed by atoms with van der Waals surface area (Å²) in [6, 6.07) is 8.76. The van der Waals surface area contributed by atoms with Crippen LogP contribution in [0.1, 0.15) is 17.2 Å². The number of hydrogen-bond acceptors (Lipinski definition) is 4. The molecule has 2 N–H and O–H groups in total. The van der Waals surface area contributed by atoms with Crippen molar-refractivity contribution in [1.29, 1.82) is 0 Å². The van der Waals surface area contributed by atoms with Gasteiger partial charge in [0, 0.05) is 18.2 Å². The number of benzene rings is 2. The summed E-state index contributed by atoms with van der Waals surface area (Å²) in [5, 5.41) is 12.6. The minimum absolute atomic E-state index is 0.00525. The Kier molecular flexibility index (Phi) is 6.26. The van der Waals surface area contributed by atoms with E-state index in [0.717, 1.165) is 12.1 Å². The number of aliphatic hydroxyl groups excluding tert-OH is 1. The van der Waals surface area contributed by atoms with Gasteiger partial charge >= 0.3 is 6.18 Å². The van der Waals surface area contributed by atoms with Crippen molar-refractivity contribution in [2.24, 2.45) is 0 Å². The monoisotopic (exact) mass is 445 g/mol. The van der Waals surface area contributed by atoms with Gasteiger partial charge in [-0.15, -0.1) is 0 Å². The van der Waals surface area contributed by atoms with E-state index >= 15 is 0 Å². The Morgan fingerprint density at radius 3 is 2.41 bits per heavy atom. The highest BCUT2D eigenvalue weighted by molar-refractivity contribution is 6.31. The topological polar surface area (TPSA) is 58.0 Å². The number of rotatable bonds is 5. The van der Waals surface area contributed by atoms with Crippen LogP contribution in [0.2, 0.25) is 10.0 Å². The molecule has 0 radical (unpaired) electrons. The zero-order chi connectivity index (χ0) is 21.2. The van der Waals surface area contributed by atoms with Gasteiger partial charge in [0.05, 0.1) is 27.4 Å². The fourth-order valence-corrected chi connectivity index (χ4v) is 2.96. The van der Waals surface area contributed by atoms with E-state index in [1.807, 2.05) is 0 Å². The first-order valence-corrected chi connectivity index (χ1v) is 8.97. The van der Waals surface area contributed by atoms with Crippen LogP contribution in [-0.4, -0.2) is 21.6 Å². The third-order valence-corrected chi connectivity index (χ3v) is 4.66. The molecule has 29 heavy (non-hydrogen) atoms. The lowest BCUT2D eigenvalue weighted by atomic mass is 10.1. The van der Waals surface area contributed by atoms with Crippen molar-refractivity contribution < 1.29 is 22.7 Å². The van der Waals surface area contributed by atoms with Crippen LogP contribution in [0.4, 0.5) is 23.4 Å². The van der Waals surface area contributed by atoms with Crippen molar-refractivity contribution >= 4 is 29.0 Å². The van der Waals surface area contributed by atoms with Crippen LogP contribution in [0.15, 0.2) is 48.8 Å². The smallest absolute Gasteiger partial charge is 0.387 e. The van der Waals surface area contributed by atoms with Crippen molar-refractivity contribution in [2.75, 3.05) is 11.9 Å². The highest BCUT2D eigenvalue weighted by Gasteiger charge is 2.33. The lowest BCUT2D eigenvalue weighted by Crippen LogP contribution is -2.13. The van der Waals surface area contributed by atoms with Gasteiger partial charge in [-0.2, -0.15) is 13.2 Å². The van der Waals surface area contributed by atoms with Gasteiger partial charge in [0.25, 0.3) is 0 Å². The van der Waals surface area contributed by atoms with E-state index in [4.69, 9.17) is 23.2 Å². The molecule has 3 aromatic rings. The number of alkyl halides is 3. The summed E-state index contributed by atoms with van der Waals surface area (Å²) in [4.78, 5) is 8.03. The molecule has 0 aliphatic carbocycles. The number of aromatic nitrogens is 2. The van der Waals surface area contributed by atoms with Crippen LogP contribution in [0.5, 0.6) is 0 Å². The van der Waals surface area contributed by atoms with Crippen molar-refractivity contribution in [2.45, 2.75) is 12.3 Å². The molecule has 152 valence electrons. The van der Waals surface area contributed by atoms with Crippen LogP contribution in [0.25, 0.3) is 11.3 Å². The van der Waals surface area contributed by atoms with Gasteiger partial charge < -0.3 is 10.4 Å². The quantitative estimate of drug-likeness (QED) is 0.490. The van der Waals surface area contributed by atoms with Gasteiger partial charge in [0.1, 0.15) is 18.0 Å². The van der Waals surface area contributed by atoms with Crippen LogP contribution in [-0.2, 0) is 6.18 Å². The first-order chi connectivity index (χ1) is 13.6. The normalized spacial score (nSPS) is 12.7. The predicted molar refractivity (Wildman–Crippen MR) is 102 cm³/mol. The summed E-state index contributed by atoms with van der Waals surface area (Å²) < 4.78 is 52.0. The van der Waals surface area contributed by atoms with Gasteiger partial charge in [0.15, 0.2) is 0 Å². The highest BCUT2D eigenvalue weighted by Crippen LogP contribution is 2.36. The highest BCUT2D eigenvalue weighted by atomic mass is 35.5. The Balaban J connectivity index is 1.74. The Hall–Kier alpha value is -2.42. The van der Waals surface area contributed by atoms with Crippen molar-refractivity contribution in [3.8, 4) is 11.3 Å². The van der Waals surface area contributed by atoms with Crippen molar-refractivity contribution in [3.05, 3.63) is 75.8 Å². The zero-order valence-corrected chi connectivity index (χ0v) is 16.0. The molecular formula is C19H13Cl2F4N3O. The number of hydrogen-bond donors (Lipinski definition) is 2. The number of aliphatic hydroxyl groups is 1. The fourth-order valence-electron chi connectivity index (χ4n) is 2.55. The van der Waals surface area contributed by atoms with Crippen LogP contribution >= 0.6 is 23.2 Å². The number of nitrogens with zero attached hydrogens (tertiary/aromatic N) is 2. The average Bonchev–Trinajstić information content (AvgIpc) is 2.67. The molecule has 0 saturated heterocycles. The summed E-state index contributed by atoms with van der Waals surface area (Å²) in [5.41, 5.74) is 0.0933. The standard InChI is InChI=1S/C19H13Cl2F4N3O/c20-13-4-2-11(6-15(13)22)17(29)8-26-18-7-16(27-9-28-18)10-1-3-12(14(21)5-10)19(23,24)25/h1-7,9,17,29H,8H2,(H,26,27,28)/t17-/m1/s1. The number of anilines is 1. The van der Waals surface area contributed by atoms with E-state index in [9.17, 15) is 22.7 Å². The molecule has 0 aliphatic heterocycles. The zero-order valence-electron chi connectivity index (χ0n) is 14.5. The average molecular weight is 446 g/mol. The van der Waals surface area contributed by atoms with E-state index in [2.05, 4.69) is 15.3 Å². The largest absolute Gasteiger partial charge is 0.417 e. The maximum Gasteiger partial charge on any atom is 0.417 e. The first kappa shape index (κ1) is 21.3. The number of halogens is 6. The van der Waals surface area contributed by atoms with Gasteiger partial charge in [-0.25, -0.2) is 14.4 Å². The van der Waals surface area contributed by atoms with Crippen LogP contribution in [0.3, 0.4) is 0 Å². The first-order valence-electron chi connectivity index (χ1n) is 8.21. The molecule has 3 rings (SSSR count). The molecule has 0 unspecified atom stereocenters. The second-order valence-electron chi connectivity index (χ2n) is 6.05. The van der Waals surface area contributed by atoms with E-state index in [1.54, 1.807) is 0 Å². The molecular weight excluding hydrogens is 433 g/mol. The van der Waals surface area contributed by atoms with Gasteiger partial charge in [-0.05, 0) is 29.8 Å². The molecule has 0 fully saturated rings. The van der Waals surface area contributed by atoms with Crippen molar-refractivity contribution in [1.82, 2.24) is 9.97 Å². The second kappa shape index (κ2) is 8.52. The summed E-state index contributed by atoms with van der Waals surface area (Å²) in [7, 11) is 0. The van der Waals surface area contributed by atoms with E-state index < -0.39 is 28.7 Å². The van der Waals surface area contributed by atoms with E-state index in [0.29, 0.717) is 22.6 Å². The van der Waals surface area contributed by atoms with Gasteiger partial charge in [0.2, 0.25) is 0 Å². The maximum absolute atomic E-state index is 13.5. The number of nitrogens with one attached hydrogen (secondary N) is 1. The lowest BCUT2D eigenvalue weighted by Gasteiger charge is -2.14. The van der Waals surface area contributed by atoms with Crippen LogP contribution < -0.4 is 5.32 Å². The lowest BCUT2D eigenvalue weighted by molar-refractivity contribution is -0.137. The molecule has 0 aliphatic rings. The fraction of sp³-hybridized carbons (Fsp3) is 0.158. The summed E-state index contributed by atoms with van der Waals surface area (Å²) >= 11 is 11.4.